The van der Waals surface area contributed by atoms with Gasteiger partial charge < -0.3 is 35.4 Å². The smallest absolute Gasteiger partial charge is 0.159 e. The molecular formula is C39H56O8. The molecule has 0 aromatic heterocycles. The van der Waals surface area contributed by atoms with Gasteiger partial charge in [0.25, 0.3) is 0 Å². The third-order valence-corrected chi connectivity index (χ3v) is 14.8. The van der Waals surface area contributed by atoms with Crippen LogP contribution in [0.15, 0.2) is 29.8 Å². The summed E-state index contributed by atoms with van der Waals surface area (Å²) in [6.07, 6.45) is 6.28. The van der Waals surface area contributed by atoms with Crippen molar-refractivity contribution in [2.45, 2.75) is 134 Å². The summed E-state index contributed by atoms with van der Waals surface area (Å²) < 4.78 is 6.26. The Kier molecular flexibility index (Phi) is 8.33. The van der Waals surface area contributed by atoms with Gasteiger partial charge in [0.15, 0.2) is 5.78 Å². The molecular weight excluding hydrogens is 596 g/mol. The number of phenols is 1. The Balaban J connectivity index is 1.31. The molecule has 8 heteroatoms. The summed E-state index contributed by atoms with van der Waals surface area (Å²) in [5, 5.41) is 68.1. The third kappa shape index (κ3) is 4.86. The van der Waals surface area contributed by atoms with Gasteiger partial charge in [-0.1, -0.05) is 33.3 Å². The van der Waals surface area contributed by atoms with Crippen LogP contribution in [0.4, 0.5) is 0 Å². The van der Waals surface area contributed by atoms with Crippen LogP contribution < -0.4 is 0 Å². The monoisotopic (exact) mass is 652 g/mol. The number of allylic oxidation sites excluding steroid dienone is 1. The van der Waals surface area contributed by atoms with Crippen LogP contribution in [0.3, 0.4) is 0 Å². The number of hydrogen-bond donors (Lipinski definition) is 6. The van der Waals surface area contributed by atoms with Gasteiger partial charge in [-0.15, -0.1) is 0 Å². The molecule has 1 aromatic carbocycles. The predicted molar refractivity (Wildman–Crippen MR) is 176 cm³/mol. The number of ether oxygens (including phenoxy) is 1. The second-order valence-electron chi connectivity index (χ2n) is 17.0. The van der Waals surface area contributed by atoms with E-state index in [4.69, 9.17) is 4.74 Å². The van der Waals surface area contributed by atoms with Crippen LogP contribution in [-0.2, 0) is 22.4 Å². The summed E-state index contributed by atoms with van der Waals surface area (Å²) in [5.74, 6) is -0.178. The number of aryl methyl sites for hydroxylation is 1. The average molecular weight is 653 g/mol. The van der Waals surface area contributed by atoms with Crippen LogP contribution in [-0.4, -0.2) is 78.6 Å². The Morgan fingerprint density at radius 2 is 1.81 bits per heavy atom. The number of fused-ring (bicyclic) bond motifs is 3. The first-order valence-corrected chi connectivity index (χ1v) is 18.4. The highest BCUT2D eigenvalue weighted by Gasteiger charge is 2.73. The molecule has 0 radical (unpaired) electrons. The fourth-order valence-corrected chi connectivity index (χ4v) is 12.2. The number of phenolic OH excluding ortho intramolecular Hbond substituents is 1. The maximum Gasteiger partial charge on any atom is 0.159 e. The van der Waals surface area contributed by atoms with E-state index in [1.165, 1.54) is 0 Å². The Bertz CT molecular complexity index is 1420. The van der Waals surface area contributed by atoms with Crippen molar-refractivity contribution >= 4 is 5.78 Å². The van der Waals surface area contributed by atoms with Crippen LogP contribution >= 0.6 is 0 Å². The van der Waals surface area contributed by atoms with Gasteiger partial charge in [-0.25, -0.2) is 0 Å². The minimum absolute atomic E-state index is 0.0138. The number of aromatic hydroxyl groups is 1. The quantitative estimate of drug-likeness (QED) is 0.217. The molecule has 0 amide bonds. The van der Waals surface area contributed by atoms with E-state index in [1.807, 2.05) is 13.0 Å². The first-order valence-electron chi connectivity index (χ1n) is 18.4. The lowest BCUT2D eigenvalue weighted by molar-refractivity contribution is -0.194. The van der Waals surface area contributed by atoms with Gasteiger partial charge in [0.05, 0.1) is 29.5 Å². The summed E-state index contributed by atoms with van der Waals surface area (Å²) >= 11 is 0. The second kappa shape index (κ2) is 11.6. The molecule has 47 heavy (non-hydrogen) atoms. The van der Waals surface area contributed by atoms with Gasteiger partial charge in [-0.05, 0) is 141 Å². The average Bonchev–Trinajstić information content (AvgIpc) is 3.77. The van der Waals surface area contributed by atoms with Gasteiger partial charge in [-0.2, -0.15) is 0 Å². The van der Waals surface area contributed by atoms with Gasteiger partial charge in [-0.3, -0.25) is 4.79 Å². The lowest BCUT2D eigenvalue weighted by Gasteiger charge is -2.65. The van der Waals surface area contributed by atoms with Crippen molar-refractivity contribution in [3.63, 3.8) is 0 Å². The lowest BCUT2D eigenvalue weighted by atomic mass is 9.40. The summed E-state index contributed by atoms with van der Waals surface area (Å²) in [5.41, 5.74) is -1.14. The largest absolute Gasteiger partial charge is 0.508 e. The zero-order valence-corrected chi connectivity index (χ0v) is 28.6. The third-order valence-electron chi connectivity index (χ3n) is 14.8. The molecule has 5 aliphatic carbocycles. The number of carbonyl (C=O) groups excluding carboxylic acids is 1. The van der Waals surface area contributed by atoms with E-state index in [0.717, 1.165) is 42.4 Å². The summed E-state index contributed by atoms with van der Waals surface area (Å²) in [6, 6.07) is 5.24. The van der Waals surface area contributed by atoms with Crippen LogP contribution in [0.2, 0.25) is 0 Å². The maximum atomic E-state index is 14.2. The highest BCUT2D eigenvalue weighted by atomic mass is 16.6. The van der Waals surface area contributed by atoms with Gasteiger partial charge >= 0.3 is 0 Å². The predicted octanol–water partition coefficient (Wildman–Crippen LogP) is 4.24. The summed E-state index contributed by atoms with van der Waals surface area (Å²) in [6.45, 7) is 8.39. The number of carbonyl (C=O) groups is 1. The molecule has 0 spiro atoms. The Hall–Kier alpha value is -1.81. The normalized spacial score (nSPS) is 44.2. The summed E-state index contributed by atoms with van der Waals surface area (Å²) in [7, 11) is 0. The Morgan fingerprint density at radius 1 is 1.04 bits per heavy atom. The van der Waals surface area contributed by atoms with Crippen molar-refractivity contribution in [1.82, 2.24) is 0 Å². The molecule has 1 aliphatic heterocycles. The minimum Gasteiger partial charge on any atom is -0.508 e. The van der Waals surface area contributed by atoms with E-state index in [-0.39, 0.29) is 59.9 Å². The fraction of sp³-hybridized carbons (Fsp3) is 0.769. The topological polar surface area (TPSA) is 151 Å². The van der Waals surface area contributed by atoms with Gasteiger partial charge in [0.1, 0.15) is 11.9 Å². The highest BCUT2D eigenvalue weighted by molar-refractivity contribution is 5.95. The van der Waals surface area contributed by atoms with Crippen molar-refractivity contribution in [3.8, 4) is 5.75 Å². The van der Waals surface area contributed by atoms with Gasteiger partial charge in [0, 0.05) is 17.9 Å². The standard InChI is InChI=1S/C39H56O8/c1-21(2)22(3)34-35(47-34)36(4,45)31-11-16-39(46)28-19-29(42)32-26-6-5-13-37(32,20-30(43)33(26)44)27(28)10-15-38(31,39)14-9-24-18-25(41)8-7-23(24)12-17-40/h7-8,18-19,21-22,26-27,30-35,40-41,43-46H,5-6,9-17,20H2,1-4H3/t22-,26-,27+,30+,31-,32+,33-,34+,35-,36-,37-,38-,39-/m1/s1. The van der Waals surface area contributed by atoms with Crippen molar-refractivity contribution < 1.29 is 40.2 Å². The fourth-order valence-electron chi connectivity index (χ4n) is 12.2. The number of epoxide rings is 1. The van der Waals surface area contributed by atoms with Crippen LogP contribution in [0.5, 0.6) is 5.75 Å². The number of aliphatic hydroxyl groups excluding tert-OH is 3. The van der Waals surface area contributed by atoms with E-state index in [9.17, 15) is 35.4 Å². The number of rotatable bonds is 9. The van der Waals surface area contributed by atoms with Crippen LogP contribution in [0.1, 0.15) is 96.6 Å². The minimum atomic E-state index is -1.34. The molecule has 1 aromatic rings. The summed E-state index contributed by atoms with van der Waals surface area (Å²) in [4.78, 5) is 14.2. The molecule has 0 unspecified atom stereocenters. The molecule has 2 bridgehead atoms. The molecule has 1 saturated heterocycles. The van der Waals surface area contributed by atoms with Gasteiger partial charge in [0.2, 0.25) is 0 Å². The highest BCUT2D eigenvalue weighted by Crippen LogP contribution is 2.72. The van der Waals surface area contributed by atoms with Crippen molar-refractivity contribution in [3.05, 3.63) is 41.0 Å². The number of aliphatic hydroxyl groups is 5. The van der Waals surface area contributed by atoms with Crippen molar-refractivity contribution in [2.75, 3.05) is 6.61 Å². The zero-order valence-electron chi connectivity index (χ0n) is 28.6. The first kappa shape index (κ1) is 33.7. The molecule has 13 atom stereocenters. The first-order chi connectivity index (χ1) is 22.2. The number of hydrogen-bond acceptors (Lipinski definition) is 8. The molecule has 260 valence electrons. The molecule has 5 fully saturated rings. The van der Waals surface area contributed by atoms with E-state index in [2.05, 4.69) is 20.8 Å². The van der Waals surface area contributed by atoms with Crippen molar-refractivity contribution in [2.24, 2.45) is 46.3 Å². The Morgan fingerprint density at radius 3 is 2.53 bits per heavy atom. The second-order valence-corrected chi connectivity index (χ2v) is 17.0. The molecule has 6 aliphatic rings. The Labute approximate surface area is 279 Å². The van der Waals surface area contributed by atoms with E-state index in [1.54, 1.807) is 18.2 Å². The van der Waals surface area contributed by atoms with E-state index < -0.39 is 34.2 Å². The molecule has 8 nitrogen and oxygen atoms in total. The SMILES string of the molecule is CC(C)[C@@H](C)[C@@H]1O[C@H]1[C@](C)(O)[C@H]1CC[C@@]2(O)C3=CC(=O)[C@@H]4[C@H]5CCC[C@@]4(C[C@H](O)[C@@H]5O)[C@H]3CC[C@]12CCc1cc(O)ccc1CCO. The number of benzene rings is 1. The zero-order chi connectivity index (χ0) is 33.7. The maximum absolute atomic E-state index is 14.2. The van der Waals surface area contributed by atoms with E-state index >= 15 is 0 Å². The molecule has 6 N–H and O–H groups in total. The van der Waals surface area contributed by atoms with Crippen molar-refractivity contribution in [1.29, 1.82) is 0 Å². The molecule has 4 saturated carbocycles. The number of ketones is 1. The lowest BCUT2D eigenvalue weighted by Crippen LogP contribution is -2.66. The molecule has 1 heterocycles. The van der Waals surface area contributed by atoms with Crippen LogP contribution in [0, 0.1) is 46.3 Å². The van der Waals surface area contributed by atoms with E-state index in [0.29, 0.717) is 50.9 Å². The molecule has 7 rings (SSSR count). The van der Waals surface area contributed by atoms with Crippen LogP contribution in [0.25, 0.3) is 0 Å².